The molecule has 0 saturated carbocycles. The number of nitrogens with two attached hydrogens (primary N) is 1. The van der Waals surface area contributed by atoms with Crippen molar-refractivity contribution in [1.29, 1.82) is 0 Å². The van der Waals surface area contributed by atoms with Crippen molar-refractivity contribution in [3.05, 3.63) is 101 Å². The maximum Gasteiger partial charge on any atom is 0.416 e. The molecule has 0 aliphatic carbocycles. The average molecular weight is 561 g/mol. The molecule has 0 unspecified atom stereocenters. The van der Waals surface area contributed by atoms with E-state index in [1.54, 1.807) is 12.1 Å². The van der Waals surface area contributed by atoms with Crippen molar-refractivity contribution in [3.63, 3.8) is 0 Å². The van der Waals surface area contributed by atoms with Crippen molar-refractivity contribution < 1.29 is 31.1 Å². The van der Waals surface area contributed by atoms with Crippen molar-refractivity contribution in [2.24, 2.45) is 0 Å². The summed E-state index contributed by atoms with van der Waals surface area (Å²) in [7, 11) is 0. The van der Waals surface area contributed by atoms with Gasteiger partial charge in [0.2, 0.25) is 0 Å². The molecule has 1 aliphatic heterocycles. The zero-order valence-electron chi connectivity index (χ0n) is 21.2. The normalized spacial score (nSPS) is 16.9. The topological polar surface area (TPSA) is 65.4 Å². The Morgan fingerprint density at radius 1 is 0.900 bits per heavy atom. The molecule has 4 aromatic rings. The van der Waals surface area contributed by atoms with E-state index in [1.165, 1.54) is 4.90 Å². The van der Waals surface area contributed by atoms with Crippen LogP contribution in [0.2, 0.25) is 0 Å². The lowest BCUT2D eigenvalue weighted by atomic mass is 9.98. The Kier molecular flexibility index (Phi) is 7.26. The summed E-state index contributed by atoms with van der Waals surface area (Å²) >= 11 is 0. The van der Waals surface area contributed by atoms with Gasteiger partial charge in [0.05, 0.1) is 11.1 Å². The number of para-hydroxylation sites is 1. The molecule has 5 nitrogen and oxygen atoms in total. The number of nitrogens with one attached hydrogen (secondary N) is 1. The van der Waals surface area contributed by atoms with E-state index in [0.29, 0.717) is 43.9 Å². The molecule has 3 aromatic carbocycles. The van der Waals surface area contributed by atoms with Crippen LogP contribution in [0.25, 0.3) is 10.9 Å². The lowest BCUT2D eigenvalue weighted by Gasteiger charge is -2.42. The molecule has 0 spiro atoms. The van der Waals surface area contributed by atoms with Crippen LogP contribution in [0.1, 0.15) is 32.6 Å². The van der Waals surface area contributed by atoms with Gasteiger partial charge in [-0.1, -0.05) is 30.3 Å². The molecule has 1 aliphatic rings. The summed E-state index contributed by atoms with van der Waals surface area (Å²) in [5.74, 6) is -0.867. The predicted molar refractivity (Wildman–Crippen MR) is 139 cm³/mol. The van der Waals surface area contributed by atoms with E-state index in [-0.39, 0.29) is 12.6 Å². The number of aromatic nitrogens is 1. The van der Waals surface area contributed by atoms with Gasteiger partial charge in [-0.2, -0.15) is 26.3 Å². The molecule has 0 radical (unpaired) electrons. The number of carbonyl (C=O) groups excluding carboxylic acids is 1. The maximum atomic E-state index is 13.6. The fourth-order valence-electron chi connectivity index (χ4n) is 5.19. The van der Waals surface area contributed by atoms with Crippen LogP contribution < -0.4 is 5.73 Å². The molecule has 1 atom stereocenters. The summed E-state index contributed by atoms with van der Waals surface area (Å²) in [5, 5.41) is 0.934. The van der Waals surface area contributed by atoms with E-state index >= 15 is 0 Å². The number of anilines is 1. The molecule has 2 heterocycles. The van der Waals surface area contributed by atoms with Crippen LogP contribution in [0.3, 0.4) is 0 Å². The number of alkyl halides is 6. The fourth-order valence-corrected chi connectivity index (χ4v) is 5.19. The molecule has 40 heavy (non-hydrogen) atoms. The molecule has 1 amide bonds. The third kappa shape index (κ3) is 5.94. The number of hydrogen-bond acceptors (Lipinski definition) is 3. The van der Waals surface area contributed by atoms with Crippen LogP contribution >= 0.6 is 0 Å². The molecular weight excluding hydrogens is 534 g/mol. The zero-order chi connectivity index (χ0) is 28.7. The van der Waals surface area contributed by atoms with Crippen molar-refractivity contribution >= 4 is 22.5 Å². The van der Waals surface area contributed by atoms with Gasteiger partial charge in [0.15, 0.2) is 0 Å². The van der Waals surface area contributed by atoms with E-state index in [9.17, 15) is 31.1 Å². The van der Waals surface area contributed by atoms with Crippen LogP contribution in [0, 0.1) is 0 Å². The highest BCUT2D eigenvalue weighted by Gasteiger charge is 2.39. The van der Waals surface area contributed by atoms with Crippen molar-refractivity contribution in [1.82, 2.24) is 14.8 Å². The minimum Gasteiger partial charge on any atom is -0.399 e. The molecule has 5 rings (SSSR count). The number of carbonyl (C=O) groups is 1. The number of benzene rings is 3. The Hall–Kier alpha value is -3.99. The Morgan fingerprint density at radius 3 is 2.20 bits per heavy atom. The molecule has 210 valence electrons. The van der Waals surface area contributed by atoms with Gasteiger partial charge in [-0.25, -0.2) is 0 Å². The number of piperazine rings is 1. The van der Waals surface area contributed by atoms with E-state index in [0.717, 1.165) is 22.0 Å². The number of aromatic amines is 1. The second-order valence-corrected chi connectivity index (χ2v) is 9.99. The number of hydrogen-bond donors (Lipinski definition) is 2. The van der Waals surface area contributed by atoms with Gasteiger partial charge >= 0.3 is 12.4 Å². The zero-order valence-corrected chi connectivity index (χ0v) is 21.2. The van der Waals surface area contributed by atoms with Crippen LogP contribution in [0.15, 0.2) is 72.9 Å². The molecular formula is C29H26F6N4O. The van der Waals surface area contributed by atoms with Crippen molar-refractivity contribution in [2.75, 3.05) is 25.4 Å². The van der Waals surface area contributed by atoms with Gasteiger partial charge in [-0.15, -0.1) is 0 Å². The Labute approximate surface area is 226 Å². The maximum absolute atomic E-state index is 13.6. The lowest BCUT2D eigenvalue weighted by Crippen LogP contribution is -2.55. The van der Waals surface area contributed by atoms with Gasteiger partial charge in [0.25, 0.3) is 5.91 Å². The quantitative estimate of drug-likeness (QED) is 0.221. The third-order valence-electron chi connectivity index (χ3n) is 7.18. The highest BCUT2D eigenvalue weighted by atomic mass is 19.4. The molecule has 1 aromatic heterocycles. The van der Waals surface area contributed by atoms with E-state index in [1.807, 2.05) is 42.6 Å². The number of fused-ring (bicyclic) bond motifs is 1. The van der Waals surface area contributed by atoms with Crippen LogP contribution in [0.5, 0.6) is 0 Å². The SMILES string of the molecule is Nc1ccc(CN2CCN(C(=O)c3cc(C(F)(F)F)cc(C(F)(F)F)c3)[C@H](Cc3c[nH]c4ccccc34)C2)cc1. The van der Waals surface area contributed by atoms with E-state index < -0.39 is 41.0 Å². The number of rotatable bonds is 5. The predicted octanol–water partition coefficient (Wildman–Crippen LogP) is 6.36. The van der Waals surface area contributed by atoms with Gasteiger partial charge in [-0.05, 0) is 53.9 Å². The highest BCUT2D eigenvalue weighted by molar-refractivity contribution is 5.95. The largest absolute Gasteiger partial charge is 0.416 e. The van der Waals surface area contributed by atoms with Crippen molar-refractivity contribution in [3.8, 4) is 0 Å². The number of H-pyrrole nitrogens is 1. The molecule has 1 saturated heterocycles. The van der Waals surface area contributed by atoms with Gasteiger partial charge < -0.3 is 15.6 Å². The summed E-state index contributed by atoms with van der Waals surface area (Å²) in [6.45, 7) is 1.46. The standard InChI is InChI=1S/C29H26F6N4O/c30-28(31,32)21-11-19(12-22(14-21)29(33,34)35)27(40)39-10-9-38(16-18-5-7-23(36)8-6-18)17-24(39)13-20-15-37-26-4-2-1-3-25(20)26/h1-8,11-12,14-15,24,37H,9-10,13,16-17,36H2/t24-/m1/s1. The van der Waals surface area contributed by atoms with Crippen LogP contribution in [-0.2, 0) is 25.3 Å². The van der Waals surface area contributed by atoms with Gasteiger partial charge in [-0.3, -0.25) is 9.69 Å². The lowest BCUT2D eigenvalue weighted by molar-refractivity contribution is -0.143. The smallest absolute Gasteiger partial charge is 0.399 e. The molecule has 1 fully saturated rings. The third-order valence-corrected chi connectivity index (χ3v) is 7.18. The second kappa shape index (κ2) is 10.5. The minimum absolute atomic E-state index is 0.0325. The second-order valence-electron chi connectivity index (χ2n) is 9.99. The van der Waals surface area contributed by atoms with Gasteiger partial charge in [0.1, 0.15) is 0 Å². The minimum atomic E-state index is -5.04. The Morgan fingerprint density at radius 2 is 1.55 bits per heavy atom. The molecule has 11 heteroatoms. The van der Waals surface area contributed by atoms with Crippen molar-refractivity contribution in [2.45, 2.75) is 31.4 Å². The Balaban J connectivity index is 1.48. The summed E-state index contributed by atoms with van der Waals surface area (Å²) in [6.07, 6.45) is -7.91. The summed E-state index contributed by atoms with van der Waals surface area (Å²) < 4.78 is 81.0. The first-order valence-electron chi connectivity index (χ1n) is 12.6. The monoisotopic (exact) mass is 560 g/mol. The summed E-state index contributed by atoms with van der Waals surface area (Å²) in [6, 6.07) is 15.4. The highest BCUT2D eigenvalue weighted by Crippen LogP contribution is 2.37. The number of amides is 1. The first kappa shape index (κ1) is 27.6. The first-order chi connectivity index (χ1) is 18.9. The Bertz CT molecular complexity index is 1480. The van der Waals surface area contributed by atoms with Crippen LogP contribution in [0.4, 0.5) is 32.0 Å². The average Bonchev–Trinajstić information content (AvgIpc) is 3.31. The number of nitrogens with zero attached hydrogens (tertiary/aromatic N) is 2. The summed E-state index contributed by atoms with van der Waals surface area (Å²) in [4.78, 5) is 20.3. The fraction of sp³-hybridized carbons (Fsp3) is 0.276. The first-order valence-corrected chi connectivity index (χ1v) is 12.6. The molecule has 0 bridgehead atoms. The number of halogens is 6. The number of nitrogen functional groups attached to an aromatic ring is 1. The van der Waals surface area contributed by atoms with Gasteiger partial charge in [0, 0.05) is 60.6 Å². The van der Waals surface area contributed by atoms with E-state index in [2.05, 4.69) is 9.88 Å². The van der Waals surface area contributed by atoms with E-state index in [4.69, 9.17) is 5.73 Å². The molecule has 3 N–H and O–H groups in total. The summed E-state index contributed by atoms with van der Waals surface area (Å²) in [5.41, 5.74) is 5.51. The van der Waals surface area contributed by atoms with Crippen LogP contribution in [-0.4, -0.2) is 46.4 Å².